The predicted octanol–water partition coefficient (Wildman–Crippen LogP) is 2.45. The second-order valence-electron chi connectivity index (χ2n) is 3.12. The number of aliphatic hydroxyl groups excluding tert-OH is 1. The summed E-state index contributed by atoms with van der Waals surface area (Å²) in [6.07, 6.45) is 4.42. The van der Waals surface area contributed by atoms with E-state index in [0.29, 0.717) is 0 Å². The molecule has 1 aromatic carbocycles. The minimum absolute atomic E-state index is 0.610. The van der Waals surface area contributed by atoms with Crippen molar-refractivity contribution >= 4 is 10.8 Å². The fraction of sp³-hybridized carbons (Fsp3) is 0.0833. The van der Waals surface area contributed by atoms with Gasteiger partial charge in [-0.1, -0.05) is 24.3 Å². The fourth-order valence-electron chi connectivity index (χ4n) is 1.53. The van der Waals surface area contributed by atoms with Gasteiger partial charge >= 0.3 is 0 Å². The Morgan fingerprint density at radius 2 is 2.21 bits per heavy atom. The van der Waals surface area contributed by atoms with Crippen molar-refractivity contribution in [1.29, 1.82) is 0 Å². The molecule has 0 bridgehead atoms. The third kappa shape index (κ3) is 1.40. The van der Waals surface area contributed by atoms with Gasteiger partial charge in [0, 0.05) is 17.8 Å². The summed E-state index contributed by atoms with van der Waals surface area (Å²) in [6.45, 7) is 3.58. The zero-order valence-electron chi connectivity index (χ0n) is 7.72. The fourth-order valence-corrected chi connectivity index (χ4v) is 1.53. The van der Waals surface area contributed by atoms with E-state index < -0.39 is 6.10 Å². The second-order valence-corrected chi connectivity index (χ2v) is 3.12. The molecule has 0 saturated heterocycles. The molecule has 1 aromatic heterocycles. The molecule has 2 aromatic rings. The lowest BCUT2D eigenvalue weighted by Crippen LogP contribution is -1.93. The molecule has 1 unspecified atom stereocenters. The standard InChI is InChI=1S/C12H11NO/c1-2-12(14)11-5-3-4-9-8-13-7-6-10(9)11/h2-8,12,14H,1H2. The number of pyridine rings is 1. The van der Waals surface area contributed by atoms with E-state index in [9.17, 15) is 5.11 Å². The summed E-state index contributed by atoms with van der Waals surface area (Å²) in [5.74, 6) is 0. The minimum atomic E-state index is -0.610. The highest BCUT2D eigenvalue weighted by atomic mass is 16.3. The van der Waals surface area contributed by atoms with E-state index in [-0.39, 0.29) is 0 Å². The van der Waals surface area contributed by atoms with Gasteiger partial charge in [-0.25, -0.2) is 0 Å². The summed E-state index contributed by atoms with van der Waals surface area (Å²) in [5, 5.41) is 11.7. The molecule has 14 heavy (non-hydrogen) atoms. The highest BCUT2D eigenvalue weighted by Crippen LogP contribution is 2.23. The molecule has 70 valence electrons. The van der Waals surface area contributed by atoms with Crippen molar-refractivity contribution in [2.24, 2.45) is 0 Å². The summed E-state index contributed by atoms with van der Waals surface area (Å²) in [5.41, 5.74) is 0.875. The van der Waals surface area contributed by atoms with Crippen LogP contribution >= 0.6 is 0 Å². The van der Waals surface area contributed by atoms with Gasteiger partial charge in [-0.15, -0.1) is 6.58 Å². The zero-order chi connectivity index (χ0) is 9.97. The molecule has 0 aliphatic carbocycles. The minimum Gasteiger partial charge on any atom is -0.384 e. The highest BCUT2D eigenvalue weighted by Gasteiger charge is 2.06. The van der Waals surface area contributed by atoms with Gasteiger partial charge < -0.3 is 5.11 Å². The van der Waals surface area contributed by atoms with Gasteiger partial charge in [0.2, 0.25) is 0 Å². The van der Waals surface area contributed by atoms with Crippen LogP contribution in [0.4, 0.5) is 0 Å². The van der Waals surface area contributed by atoms with Gasteiger partial charge in [-0.05, 0) is 17.0 Å². The van der Waals surface area contributed by atoms with Crippen molar-refractivity contribution in [3.63, 3.8) is 0 Å². The quantitative estimate of drug-likeness (QED) is 0.729. The Balaban J connectivity index is 2.70. The summed E-state index contributed by atoms with van der Waals surface area (Å²) in [6, 6.07) is 7.68. The molecule has 1 N–H and O–H groups in total. The average molecular weight is 185 g/mol. The van der Waals surface area contributed by atoms with E-state index in [0.717, 1.165) is 16.3 Å². The largest absolute Gasteiger partial charge is 0.384 e. The van der Waals surface area contributed by atoms with Crippen LogP contribution in [0.1, 0.15) is 11.7 Å². The number of hydrogen-bond acceptors (Lipinski definition) is 2. The lowest BCUT2D eigenvalue weighted by atomic mass is 10.0. The molecule has 0 radical (unpaired) electrons. The molecule has 0 saturated carbocycles. The van der Waals surface area contributed by atoms with Gasteiger partial charge in [0.1, 0.15) is 0 Å². The number of hydrogen-bond donors (Lipinski definition) is 1. The Labute approximate surface area is 82.5 Å². The zero-order valence-corrected chi connectivity index (χ0v) is 7.72. The maximum atomic E-state index is 9.69. The van der Waals surface area contributed by atoms with Crippen molar-refractivity contribution in [2.75, 3.05) is 0 Å². The summed E-state index contributed by atoms with van der Waals surface area (Å²) in [4.78, 5) is 4.03. The van der Waals surface area contributed by atoms with Crippen LogP contribution in [0.15, 0.2) is 49.3 Å². The number of aliphatic hydroxyl groups is 1. The average Bonchev–Trinajstić information content (AvgIpc) is 2.27. The van der Waals surface area contributed by atoms with Crippen molar-refractivity contribution in [3.8, 4) is 0 Å². The molecular formula is C12H11NO. The molecule has 0 fully saturated rings. The Kier molecular flexibility index (Phi) is 2.29. The number of benzene rings is 1. The SMILES string of the molecule is C=CC(O)c1cccc2cnccc12. The normalized spacial score (nSPS) is 12.6. The van der Waals surface area contributed by atoms with Crippen molar-refractivity contribution in [3.05, 3.63) is 54.9 Å². The Bertz CT molecular complexity index is 459. The first-order chi connectivity index (χ1) is 6.83. The first-order valence-electron chi connectivity index (χ1n) is 4.46. The van der Waals surface area contributed by atoms with Crippen molar-refractivity contribution in [2.45, 2.75) is 6.10 Å². The topological polar surface area (TPSA) is 33.1 Å². The van der Waals surface area contributed by atoms with Crippen LogP contribution in [-0.2, 0) is 0 Å². The van der Waals surface area contributed by atoms with E-state index in [1.165, 1.54) is 6.08 Å². The van der Waals surface area contributed by atoms with E-state index in [1.807, 2.05) is 24.3 Å². The molecule has 2 heteroatoms. The predicted molar refractivity (Wildman–Crippen MR) is 56.9 cm³/mol. The van der Waals surface area contributed by atoms with Crippen LogP contribution in [0.5, 0.6) is 0 Å². The van der Waals surface area contributed by atoms with Gasteiger partial charge in [0.25, 0.3) is 0 Å². The van der Waals surface area contributed by atoms with Gasteiger partial charge in [0.15, 0.2) is 0 Å². The Morgan fingerprint density at radius 1 is 1.36 bits per heavy atom. The van der Waals surface area contributed by atoms with E-state index in [1.54, 1.807) is 12.4 Å². The first kappa shape index (κ1) is 8.91. The van der Waals surface area contributed by atoms with E-state index in [2.05, 4.69) is 11.6 Å². The van der Waals surface area contributed by atoms with Crippen molar-refractivity contribution in [1.82, 2.24) is 4.98 Å². The molecule has 1 heterocycles. The van der Waals surface area contributed by atoms with Gasteiger partial charge in [-0.2, -0.15) is 0 Å². The maximum absolute atomic E-state index is 9.69. The highest BCUT2D eigenvalue weighted by molar-refractivity contribution is 5.85. The lowest BCUT2D eigenvalue weighted by molar-refractivity contribution is 0.230. The second kappa shape index (κ2) is 3.60. The summed E-state index contributed by atoms with van der Waals surface area (Å²) in [7, 11) is 0. The van der Waals surface area contributed by atoms with E-state index in [4.69, 9.17) is 0 Å². The van der Waals surface area contributed by atoms with Crippen LogP contribution < -0.4 is 0 Å². The van der Waals surface area contributed by atoms with E-state index >= 15 is 0 Å². The third-order valence-corrected chi connectivity index (χ3v) is 2.26. The molecule has 0 aliphatic heterocycles. The van der Waals surface area contributed by atoms with Crippen LogP contribution in [0, 0.1) is 0 Å². The molecule has 2 nitrogen and oxygen atoms in total. The van der Waals surface area contributed by atoms with Crippen LogP contribution in [-0.4, -0.2) is 10.1 Å². The number of nitrogens with zero attached hydrogens (tertiary/aromatic N) is 1. The lowest BCUT2D eigenvalue weighted by Gasteiger charge is -2.08. The molecule has 0 aliphatic rings. The maximum Gasteiger partial charge on any atom is 0.0975 e. The number of fused-ring (bicyclic) bond motifs is 1. The third-order valence-electron chi connectivity index (χ3n) is 2.26. The molecule has 2 rings (SSSR count). The van der Waals surface area contributed by atoms with Crippen LogP contribution in [0.25, 0.3) is 10.8 Å². The van der Waals surface area contributed by atoms with Crippen LogP contribution in [0.2, 0.25) is 0 Å². The number of aromatic nitrogens is 1. The summed E-state index contributed by atoms with van der Waals surface area (Å²) < 4.78 is 0. The number of rotatable bonds is 2. The summed E-state index contributed by atoms with van der Waals surface area (Å²) >= 11 is 0. The van der Waals surface area contributed by atoms with Gasteiger partial charge in [-0.3, -0.25) is 4.98 Å². The van der Waals surface area contributed by atoms with Crippen LogP contribution in [0.3, 0.4) is 0 Å². The van der Waals surface area contributed by atoms with Crippen molar-refractivity contribution < 1.29 is 5.11 Å². The first-order valence-corrected chi connectivity index (χ1v) is 4.46. The Morgan fingerprint density at radius 3 is 3.00 bits per heavy atom. The molecule has 1 atom stereocenters. The monoisotopic (exact) mass is 185 g/mol. The molecule has 0 spiro atoms. The smallest absolute Gasteiger partial charge is 0.0975 e. The Hall–Kier alpha value is -1.67. The molecular weight excluding hydrogens is 174 g/mol. The molecule has 0 amide bonds. The van der Waals surface area contributed by atoms with Gasteiger partial charge in [0.05, 0.1) is 6.10 Å².